The Morgan fingerprint density at radius 2 is 2.00 bits per heavy atom. The van der Waals surface area contributed by atoms with Crippen molar-refractivity contribution < 1.29 is 4.79 Å². The summed E-state index contributed by atoms with van der Waals surface area (Å²) in [4.78, 5) is 14.7. The lowest BCUT2D eigenvalue weighted by Gasteiger charge is -2.35. The van der Waals surface area contributed by atoms with Crippen LogP contribution in [0.5, 0.6) is 0 Å². The minimum atomic E-state index is -0.276. The molecule has 0 aromatic heterocycles. The van der Waals surface area contributed by atoms with Crippen LogP contribution in [0.15, 0.2) is 29.2 Å². The second-order valence-corrected chi connectivity index (χ2v) is 7.62. The number of halogens is 1. The van der Waals surface area contributed by atoms with E-state index in [1.165, 1.54) is 12.8 Å². The Kier molecular flexibility index (Phi) is 6.90. The summed E-state index contributed by atoms with van der Waals surface area (Å²) in [6, 6.07) is 7.92. The maximum Gasteiger partial charge on any atom is 0.315 e. The molecule has 22 heavy (non-hydrogen) atoms. The molecule has 1 aliphatic rings. The first-order chi connectivity index (χ1) is 10.6. The number of hydrogen-bond donors (Lipinski definition) is 1. The third kappa shape index (κ3) is 5.10. The van der Waals surface area contributed by atoms with Gasteiger partial charge in [-0.05, 0) is 55.9 Å². The normalized spacial score (nSPS) is 21.5. The number of amides is 2. The first kappa shape index (κ1) is 17.5. The maximum atomic E-state index is 11.7. The van der Waals surface area contributed by atoms with E-state index in [-0.39, 0.29) is 6.03 Å². The van der Waals surface area contributed by atoms with E-state index in [1.807, 2.05) is 29.2 Å². The number of thioether (sulfide) groups is 1. The van der Waals surface area contributed by atoms with E-state index in [2.05, 4.69) is 6.92 Å². The Morgan fingerprint density at radius 1 is 1.32 bits per heavy atom. The van der Waals surface area contributed by atoms with Gasteiger partial charge in [0.1, 0.15) is 0 Å². The fourth-order valence-electron chi connectivity index (χ4n) is 3.01. The van der Waals surface area contributed by atoms with Crippen LogP contribution in [0.3, 0.4) is 0 Å². The van der Waals surface area contributed by atoms with Gasteiger partial charge < -0.3 is 10.6 Å². The molecule has 2 rings (SSSR count). The number of nitrogens with two attached hydrogens (primary N) is 1. The molecule has 1 fully saturated rings. The molecule has 0 spiro atoms. The van der Waals surface area contributed by atoms with Crippen LogP contribution < -0.4 is 5.73 Å². The molecule has 1 aromatic carbocycles. The highest BCUT2D eigenvalue weighted by molar-refractivity contribution is 7.99. The second-order valence-electron chi connectivity index (χ2n) is 6.08. The van der Waals surface area contributed by atoms with Crippen LogP contribution in [0.4, 0.5) is 4.79 Å². The van der Waals surface area contributed by atoms with E-state index in [1.54, 1.807) is 11.8 Å². The summed E-state index contributed by atoms with van der Waals surface area (Å²) >= 11 is 7.88. The van der Waals surface area contributed by atoms with Crippen molar-refractivity contribution in [2.45, 2.75) is 50.0 Å². The highest BCUT2D eigenvalue weighted by Gasteiger charge is 2.25. The predicted molar refractivity (Wildman–Crippen MR) is 94.5 cm³/mol. The van der Waals surface area contributed by atoms with Gasteiger partial charge in [-0.2, -0.15) is 0 Å². The van der Waals surface area contributed by atoms with Gasteiger partial charge in [0.15, 0.2) is 0 Å². The van der Waals surface area contributed by atoms with Crippen molar-refractivity contribution in [1.29, 1.82) is 0 Å². The number of carbonyl (C=O) groups is 1. The smallest absolute Gasteiger partial charge is 0.315 e. The number of nitrogens with zero attached hydrogens (tertiary/aromatic N) is 1. The lowest BCUT2D eigenvalue weighted by Crippen LogP contribution is -2.45. The van der Waals surface area contributed by atoms with Gasteiger partial charge in [0.2, 0.25) is 0 Å². The van der Waals surface area contributed by atoms with Gasteiger partial charge in [-0.15, -0.1) is 11.8 Å². The van der Waals surface area contributed by atoms with Crippen LogP contribution in [0.25, 0.3) is 0 Å². The molecule has 0 heterocycles. The average molecular weight is 341 g/mol. The average Bonchev–Trinajstić information content (AvgIpc) is 2.50. The predicted octanol–water partition coefficient (Wildman–Crippen LogP) is 4.78. The number of urea groups is 1. The Bertz CT molecular complexity index is 489. The van der Waals surface area contributed by atoms with Crippen molar-refractivity contribution >= 4 is 29.4 Å². The molecule has 1 saturated carbocycles. The maximum absolute atomic E-state index is 11.7. The van der Waals surface area contributed by atoms with E-state index in [4.69, 9.17) is 17.3 Å². The molecule has 1 aromatic rings. The third-order valence-corrected chi connectivity index (χ3v) is 5.95. The topological polar surface area (TPSA) is 46.3 Å². The summed E-state index contributed by atoms with van der Waals surface area (Å²) in [5.74, 6) is 1.72. The zero-order valence-corrected chi connectivity index (χ0v) is 14.7. The molecule has 5 heteroatoms. The fourth-order valence-corrected chi connectivity index (χ4v) is 4.18. The second kappa shape index (κ2) is 8.68. The molecular weight excluding hydrogens is 316 g/mol. The Hall–Kier alpha value is -0.870. The highest BCUT2D eigenvalue weighted by atomic mass is 35.5. The molecule has 0 aliphatic heterocycles. The first-order valence-corrected chi connectivity index (χ1v) is 9.37. The minimum absolute atomic E-state index is 0.276. The highest BCUT2D eigenvalue weighted by Crippen LogP contribution is 2.29. The SMILES string of the molecule is CC1CCC(N(CCCSc2ccccc2Cl)C(N)=O)CC1. The van der Waals surface area contributed by atoms with Gasteiger partial charge in [-0.1, -0.05) is 30.7 Å². The summed E-state index contributed by atoms with van der Waals surface area (Å²) in [5, 5.41) is 0.792. The van der Waals surface area contributed by atoms with Gasteiger partial charge in [0, 0.05) is 17.5 Å². The van der Waals surface area contributed by atoms with Crippen molar-refractivity contribution in [3.63, 3.8) is 0 Å². The standard InChI is InChI=1S/C17H25ClN2OS/c1-13-7-9-14(10-8-13)20(17(19)21)11-4-12-22-16-6-3-2-5-15(16)18/h2-3,5-6,13-14H,4,7-12H2,1H3,(H2,19,21). The molecule has 0 unspecified atom stereocenters. The number of primary amides is 1. The van der Waals surface area contributed by atoms with Crippen molar-refractivity contribution in [1.82, 2.24) is 4.90 Å². The molecule has 3 nitrogen and oxygen atoms in total. The van der Waals surface area contributed by atoms with Gasteiger partial charge in [-0.25, -0.2) is 4.79 Å². The minimum Gasteiger partial charge on any atom is -0.351 e. The van der Waals surface area contributed by atoms with Gasteiger partial charge >= 0.3 is 6.03 Å². The van der Waals surface area contributed by atoms with E-state index in [0.717, 1.165) is 47.4 Å². The molecular formula is C17H25ClN2OS. The number of rotatable bonds is 6. The van der Waals surface area contributed by atoms with Crippen molar-refractivity contribution in [2.75, 3.05) is 12.3 Å². The van der Waals surface area contributed by atoms with Crippen molar-refractivity contribution in [3.05, 3.63) is 29.3 Å². The van der Waals surface area contributed by atoms with E-state index >= 15 is 0 Å². The van der Waals surface area contributed by atoms with E-state index in [9.17, 15) is 4.79 Å². The number of benzene rings is 1. The number of carbonyl (C=O) groups excluding carboxylic acids is 1. The molecule has 0 bridgehead atoms. The number of hydrogen-bond acceptors (Lipinski definition) is 2. The summed E-state index contributed by atoms with van der Waals surface area (Å²) < 4.78 is 0. The van der Waals surface area contributed by atoms with Gasteiger partial charge in [0.25, 0.3) is 0 Å². The van der Waals surface area contributed by atoms with Crippen LogP contribution >= 0.6 is 23.4 Å². The molecule has 2 N–H and O–H groups in total. The molecule has 122 valence electrons. The molecule has 0 radical (unpaired) electrons. The quantitative estimate of drug-likeness (QED) is 0.598. The Morgan fingerprint density at radius 3 is 2.64 bits per heavy atom. The zero-order valence-electron chi connectivity index (χ0n) is 13.1. The summed E-state index contributed by atoms with van der Waals surface area (Å²) in [5.41, 5.74) is 5.58. The lowest BCUT2D eigenvalue weighted by molar-refractivity contribution is 0.153. The molecule has 1 aliphatic carbocycles. The van der Waals surface area contributed by atoms with Crippen LogP contribution in [0, 0.1) is 5.92 Å². The monoisotopic (exact) mass is 340 g/mol. The van der Waals surface area contributed by atoms with Gasteiger partial charge in [0.05, 0.1) is 5.02 Å². The molecule has 0 saturated heterocycles. The van der Waals surface area contributed by atoms with Crippen LogP contribution in [0.2, 0.25) is 5.02 Å². The summed E-state index contributed by atoms with van der Waals surface area (Å²) in [6.45, 7) is 3.02. The fraction of sp³-hybridized carbons (Fsp3) is 0.588. The lowest BCUT2D eigenvalue weighted by atomic mass is 9.86. The Labute approximate surface area is 142 Å². The first-order valence-electron chi connectivity index (χ1n) is 8.01. The summed E-state index contributed by atoms with van der Waals surface area (Å²) in [6.07, 6.45) is 5.50. The summed E-state index contributed by atoms with van der Waals surface area (Å²) in [7, 11) is 0. The van der Waals surface area contributed by atoms with Gasteiger partial charge in [-0.3, -0.25) is 0 Å². The van der Waals surface area contributed by atoms with Crippen molar-refractivity contribution in [3.8, 4) is 0 Å². The Balaban J connectivity index is 1.77. The van der Waals surface area contributed by atoms with E-state index < -0.39 is 0 Å². The van der Waals surface area contributed by atoms with Crippen LogP contribution in [-0.2, 0) is 0 Å². The van der Waals surface area contributed by atoms with Crippen LogP contribution in [0.1, 0.15) is 39.0 Å². The van der Waals surface area contributed by atoms with Crippen molar-refractivity contribution in [2.24, 2.45) is 11.7 Å². The van der Waals surface area contributed by atoms with Crippen LogP contribution in [-0.4, -0.2) is 29.3 Å². The molecule has 2 amide bonds. The third-order valence-electron chi connectivity index (χ3n) is 4.35. The largest absolute Gasteiger partial charge is 0.351 e. The zero-order chi connectivity index (χ0) is 15.9. The van der Waals surface area contributed by atoms with E-state index in [0.29, 0.717) is 6.04 Å². The molecule has 0 atom stereocenters.